The van der Waals surface area contributed by atoms with Gasteiger partial charge in [-0.3, -0.25) is 9.36 Å². The lowest BCUT2D eigenvalue weighted by atomic mass is 9.71. The average Bonchev–Trinajstić information content (AvgIpc) is 2.53. The molecule has 1 aliphatic carbocycles. The number of aliphatic carboxylic acids is 1. The van der Waals surface area contributed by atoms with E-state index in [1.807, 2.05) is 18.2 Å². The monoisotopic (exact) mass is 246 g/mol. The van der Waals surface area contributed by atoms with Gasteiger partial charge in [-0.15, -0.1) is 0 Å². The minimum Gasteiger partial charge on any atom is -0.481 e. The lowest BCUT2D eigenvalue weighted by molar-refractivity contribution is -0.145. The summed E-state index contributed by atoms with van der Waals surface area (Å²) in [5, 5.41) is 8.91. The minimum absolute atomic E-state index is 0.133. The van der Waals surface area contributed by atoms with Crippen molar-refractivity contribution in [2.75, 3.05) is 0 Å². The van der Waals surface area contributed by atoms with Crippen molar-refractivity contribution < 1.29 is 9.90 Å². The summed E-state index contributed by atoms with van der Waals surface area (Å²) in [6.45, 7) is 0. The van der Waals surface area contributed by atoms with Crippen molar-refractivity contribution in [1.29, 1.82) is 0 Å². The standard InChI is InChI=1S/C13H14N2O3/c1-15-11-9(7-5-8(6-7)12(16)17)3-2-4-10(11)14-13(15)18/h2-4,7-8H,5-6H2,1H3,(H,14,18)(H,16,17). The van der Waals surface area contributed by atoms with E-state index >= 15 is 0 Å². The van der Waals surface area contributed by atoms with E-state index in [2.05, 4.69) is 4.98 Å². The van der Waals surface area contributed by atoms with Gasteiger partial charge < -0.3 is 10.1 Å². The van der Waals surface area contributed by atoms with Crippen LogP contribution < -0.4 is 5.69 Å². The number of benzene rings is 1. The highest BCUT2D eigenvalue weighted by molar-refractivity contribution is 5.80. The number of rotatable bonds is 2. The maximum atomic E-state index is 11.6. The van der Waals surface area contributed by atoms with Gasteiger partial charge >= 0.3 is 11.7 Å². The van der Waals surface area contributed by atoms with Gasteiger partial charge in [0.25, 0.3) is 0 Å². The molecule has 2 aromatic rings. The average molecular weight is 246 g/mol. The maximum Gasteiger partial charge on any atom is 0.326 e. The van der Waals surface area contributed by atoms with Crippen molar-refractivity contribution in [2.24, 2.45) is 13.0 Å². The van der Waals surface area contributed by atoms with Gasteiger partial charge in [0.15, 0.2) is 0 Å². The molecule has 1 aliphatic rings. The fourth-order valence-corrected chi connectivity index (χ4v) is 2.74. The van der Waals surface area contributed by atoms with Crippen LogP contribution >= 0.6 is 0 Å². The van der Waals surface area contributed by atoms with Gasteiger partial charge in [-0.05, 0) is 30.4 Å². The second kappa shape index (κ2) is 3.73. The van der Waals surface area contributed by atoms with E-state index in [4.69, 9.17) is 5.11 Å². The van der Waals surface area contributed by atoms with Crippen LogP contribution in [0.1, 0.15) is 24.3 Å². The number of nitrogens with one attached hydrogen (secondary N) is 1. The number of H-pyrrole nitrogens is 1. The molecule has 0 unspecified atom stereocenters. The van der Waals surface area contributed by atoms with Crippen LogP contribution in [0.2, 0.25) is 0 Å². The van der Waals surface area contributed by atoms with Gasteiger partial charge in [-0.25, -0.2) is 4.79 Å². The highest BCUT2D eigenvalue weighted by Gasteiger charge is 2.36. The zero-order valence-electron chi connectivity index (χ0n) is 10.0. The Balaban J connectivity index is 2.03. The van der Waals surface area contributed by atoms with E-state index in [0.717, 1.165) is 16.6 Å². The van der Waals surface area contributed by atoms with Crippen molar-refractivity contribution in [1.82, 2.24) is 9.55 Å². The zero-order chi connectivity index (χ0) is 12.9. The Bertz CT molecular complexity index is 677. The van der Waals surface area contributed by atoms with Crippen molar-refractivity contribution in [3.8, 4) is 0 Å². The van der Waals surface area contributed by atoms with Crippen LogP contribution in [0.25, 0.3) is 11.0 Å². The fraction of sp³-hybridized carbons (Fsp3) is 0.385. The van der Waals surface area contributed by atoms with Crippen LogP contribution in [0.15, 0.2) is 23.0 Å². The van der Waals surface area contributed by atoms with Gasteiger partial charge in [0.2, 0.25) is 0 Å². The first-order chi connectivity index (χ1) is 8.58. The van der Waals surface area contributed by atoms with Crippen molar-refractivity contribution in [3.05, 3.63) is 34.2 Å². The molecular weight excluding hydrogens is 232 g/mol. The third kappa shape index (κ3) is 1.47. The SMILES string of the molecule is Cn1c(=O)[nH]c2cccc(C3CC(C(=O)O)C3)c21. The van der Waals surface area contributed by atoms with Crippen LogP contribution in [0, 0.1) is 5.92 Å². The number of nitrogens with zero attached hydrogens (tertiary/aromatic N) is 1. The first kappa shape index (κ1) is 11.1. The van der Waals surface area contributed by atoms with E-state index < -0.39 is 5.97 Å². The van der Waals surface area contributed by atoms with Gasteiger partial charge in [0.1, 0.15) is 0 Å². The molecule has 1 aromatic carbocycles. The molecule has 0 radical (unpaired) electrons. The highest BCUT2D eigenvalue weighted by Crippen LogP contribution is 2.43. The molecule has 18 heavy (non-hydrogen) atoms. The molecule has 2 N–H and O–H groups in total. The molecule has 5 nitrogen and oxygen atoms in total. The second-order valence-corrected chi connectivity index (χ2v) is 4.94. The molecule has 0 aliphatic heterocycles. The number of aromatic amines is 1. The summed E-state index contributed by atoms with van der Waals surface area (Å²) in [6, 6.07) is 5.76. The van der Waals surface area contributed by atoms with Crippen LogP contribution in [0.5, 0.6) is 0 Å². The van der Waals surface area contributed by atoms with Crippen LogP contribution in [-0.2, 0) is 11.8 Å². The fourth-order valence-electron chi connectivity index (χ4n) is 2.74. The summed E-state index contributed by atoms with van der Waals surface area (Å²) in [6.07, 6.45) is 1.32. The molecule has 1 fully saturated rings. The summed E-state index contributed by atoms with van der Waals surface area (Å²) in [5.41, 5.74) is 2.66. The number of carboxylic acid groups (broad SMARTS) is 1. The summed E-state index contributed by atoms with van der Waals surface area (Å²) in [7, 11) is 1.73. The number of hydrogen-bond donors (Lipinski definition) is 2. The van der Waals surface area contributed by atoms with Crippen LogP contribution in [-0.4, -0.2) is 20.6 Å². The number of fused-ring (bicyclic) bond motifs is 1. The van der Waals surface area contributed by atoms with Crippen LogP contribution in [0.3, 0.4) is 0 Å². The molecule has 5 heteroatoms. The third-order valence-corrected chi connectivity index (χ3v) is 3.88. The number of aryl methyl sites for hydroxylation is 1. The Hall–Kier alpha value is -2.04. The number of carboxylic acids is 1. The summed E-state index contributed by atoms with van der Waals surface area (Å²) in [5.74, 6) is -0.709. The van der Waals surface area contributed by atoms with E-state index in [0.29, 0.717) is 12.8 Å². The number of carbonyl (C=O) groups is 1. The largest absolute Gasteiger partial charge is 0.481 e. The van der Waals surface area contributed by atoms with Crippen molar-refractivity contribution in [2.45, 2.75) is 18.8 Å². The Labute approximate surface area is 103 Å². The predicted molar refractivity (Wildman–Crippen MR) is 66.6 cm³/mol. The topological polar surface area (TPSA) is 75.1 Å². The predicted octanol–water partition coefficient (Wildman–Crippen LogP) is 1.44. The summed E-state index contributed by atoms with van der Waals surface area (Å²) >= 11 is 0. The Morgan fingerprint density at radius 1 is 1.44 bits per heavy atom. The quantitative estimate of drug-likeness (QED) is 0.842. The Kier molecular flexibility index (Phi) is 2.29. The summed E-state index contributed by atoms with van der Waals surface area (Å²) in [4.78, 5) is 25.2. The molecule has 0 atom stereocenters. The minimum atomic E-state index is -0.721. The zero-order valence-corrected chi connectivity index (χ0v) is 10.0. The molecule has 3 rings (SSSR count). The molecule has 0 amide bonds. The lowest BCUT2D eigenvalue weighted by Gasteiger charge is -2.33. The normalized spacial score (nSPS) is 22.9. The number of imidazole rings is 1. The van der Waals surface area contributed by atoms with Gasteiger partial charge in [-0.1, -0.05) is 12.1 Å². The number of para-hydroxylation sites is 1. The van der Waals surface area contributed by atoms with E-state index in [9.17, 15) is 9.59 Å². The molecule has 0 spiro atoms. The van der Waals surface area contributed by atoms with Crippen LogP contribution in [0.4, 0.5) is 0 Å². The van der Waals surface area contributed by atoms with Gasteiger partial charge in [-0.2, -0.15) is 0 Å². The number of aromatic nitrogens is 2. The van der Waals surface area contributed by atoms with Gasteiger partial charge in [0.05, 0.1) is 17.0 Å². The molecule has 1 saturated carbocycles. The van der Waals surface area contributed by atoms with E-state index in [1.165, 1.54) is 0 Å². The second-order valence-electron chi connectivity index (χ2n) is 4.94. The Morgan fingerprint density at radius 3 is 2.83 bits per heavy atom. The molecule has 94 valence electrons. The van der Waals surface area contributed by atoms with Crippen molar-refractivity contribution >= 4 is 17.0 Å². The third-order valence-electron chi connectivity index (χ3n) is 3.88. The molecule has 0 saturated heterocycles. The molecule has 0 bridgehead atoms. The van der Waals surface area contributed by atoms with Crippen molar-refractivity contribution in [3.63, 3.8) is 0 Å². The first-order valence-corrected chi connectivity index (χ1v) is 5.98. The number of hydrogen-bond acceptors (Lipinski definition) is 2. The molecule has 1 heterocycles. The van der Waals surface area contributed by atoms with Gasteiger partial charge in [0, 0.05) is 7.05 Å². The smallest absolute Gasteiger partial charge is 0.326 e. The first-order valence-electron chi connectivity index (χ1n) is 5.98. The maximum absolute atomic E-state index is 11.6. The highest BCUT2D eigenvalue weighted by atomic mass is 16.4. The lowest BCUT2D eigenvalue weighted by Crippen LogP contribution is -2.29. The van der Waals surface area contributed by atoms with E-state index in [-0.39, 0.29) is 17.5 Å². The summed E-state index contributed by atoms with van der Waals surface area (Å²) < 4.78 is 1.60. The molecule has 1 aromatic heterocycles. The Morgan fingerprint density at radius 2 is 2.17 bits per heavy atom. The van der Waals surface area contributed by atoms with E-state index in [1.54, 1.807) is 11.6 Å². The molecular formula is C13H14N2O3.